The first-order valence-electron chi connectivity index (χ1n) is 6.47. The largest absolute Gasteiger partial charge is 0.328 e. The van der Waals surface area contributed by atoms with Gasteiger partial charge in [-0.15, -0.1) is 0 Å². The van der Waals surface area contributed by atoms with Crippen LogP contribution in [0.15, 0.2) is 12.3 Å². The number of halogens is 1. The number of rotatable bonds is 3. The monoisotopic (exact) mass is 239 g/mol. The Morgan fingerprint density at radius 2 is 2.18 bits per heavy atom. The number of alkyl halides is 1. The van der Waals surface area contributed by atoms with Crippen molar-refractivity contribution in [2.45, 2.75) is 63.7 Å². The Hall–Kier alpha value is -0.900. The van der Waals surface area contributed by atoms with Gasteiger partial charge in [-0.3, -0.25) is 4.68 Å². The van der Waals surface area contributed by atoms with E-state index >= 15 is 0 Å². The highest BCUT2D eigenvalue weighted by Crippen LogP contribution is 2.34. The first-order chi connectivity index (χ1) is 7.98. The summed E-state index contributed by atoms with van der Waals surface area (Å²) in [5, 5.41) is 4.41. The van der Waals surface area contributed by atoms with Gasteiger partial charge in [-0.2, -0.15) is 5.10 Å². The lowest BCUT2D eigenvalue weighted by molar-refractivity contribution is 0.0981. The Kier molecular flexibility index (Phi) is 3.52. The van der Waals surface area contributed by atoms with E-state index in [1.807, 2.05) is 16.9 Å². The molecule has 2 rings (SSSR count). The van der Waals surface area contributed by atoms with Crippen LogP contribution in [0, 0.1) is 0 Å². The first-order valence-corrected chi connectivity index (χ1v) is 6.47. The molecule has 1 aromatic rings. The maximum absolute atomic E-state index is 14.5. The third-order valence-corrected chi connectivity index (χ3v) is 3.62. The summed E-state index contributed by atoms with van der Waals surface area (Å²) in [7, 11) is 0. The second-order valence-electron chi connectivity index (χ2n) is 5.55. The normalized spacial score (nSPS) is 29.8. The van der Waals surface area contributed by atoms with E-state index in [1.165, 1.54) is 0 Å². The molecule has 1 aromatic heterocycles. The zero-order valence-electron chi connectivity index (χ0n) is 10.7. The van der Waals surface area contributed by atoms with Gasteiger partial charge in [0.15, 0.2) is 0 Å². The van der Waals surface area contributed by atoms with E-state index in [-0.39, 0.29) is 6.04 Å². The van der Waals surface area contributed by atoms with Gasteiger partial charge in [-0.05, 0) is 45.6 Å². The number of hydrogen-bond donors (Lipinski definition) is 1. The summed E-state index contributed by atoms with van der Waals surface area (Å²) in [5.74, 6) is 0. The molecule has 0 radical (unpaired) electrons. The van der Waals surface area contributed by atoms with Gasteiger partial charge in [-0.1, -0.05) is 0 Å². The number of hydrogen-bond acceptors (Lipinski definition) is 2. The molecule has 1 heterocycles. The second-order valence-corrected chi connectivity index (χ2v) is 5.55. The van der Waals surface area contributed by atoms with E-state index in [9.17, 15) is 4.39 Å². The Morgan fingerprint density at radius 3 is 2.71 bits per heavy atom. The Labute approximate surface area is 102 Å². The quantitative estimate of drug-likeness (QED) is 0.881. The van der Waals surface area contributed by atoms with E-state index in [2.05, 4.69) is 18.9 Å². The van der Waals surface area contributed by atoms with Gasteiger partial charge < -0.3 is 5.73 Å². The van der Waals surface area contributed by atoms with Gasteiger partial charge in [0, 0.05) is 24.7 Å². The van der Waals surface area contributed by atoms with Crippen molar-refractivity contribution in [1.29, 1.82) is 0 Å². The van der Waals surface area contributed by atoms with Crippen LogP contribution in [0.5, 0.6) is 0 Å². The number of nitrogens with two attached hydrogens (primary N) is 1. The predicted octanol–water partition coefficient (Wildman–Crippen LogP) is 2.62. The molecule has 0 saturated heterocycles. The van der Waals surface area contributed by atoms with Gasteiger partial charge >= 0.3 is 0 Å². The summed E-state index contributed by atoms with van der Waals surface area (Å²) in [6.07, 6.45) is 5.09. The Morgan fingerprint density at radius 1 is 1.53 bits per heavy atom. The molecular formula is C13H22FN3. The fourth-order valence-electron chi connectivity index (χ4n) is 2.42. The summed E-state index contributed by atoms with van der Waals surface area (Å²) in [4.78, 5) is 0. The van der Waals surface area contributed by atoms with Crippen LogP contribution in [0.3, 0.4) is 0 Å². The number of aromatic nitrogens is 2. The van der Waals surface area contributed by atoms with Gasteiger partial charge in [0.1, 0.15) is 5.67 Å². The van der Waals surface area contributed by atoms with Crippen LogP contribution in [0.1, 0.15) is 51.3 Å². The predicted molar refractivity (Wildman–Crippen MR) is 66.6 cm³/mol. The van der Waals surface area contributed by atoms with Crippen molar-refractivity contribution in [2.75, 3.05) is 0 Å². The van der Waals surface area contributed by atoms with Crippen LogP contribution in [-0.4, -0.2) is 21.5 Å². The molecule has 1 aliphatic rings. The van der Waals surface area contributed by atoms with Crippen LogP contribution >= 0.6 is 0 Å². The molecule has 1 saturated carbocycles. The lowest BCUT2D eigenvalue weighted by atomic mass is 9.81. The second kappa shape index (κ2) is 4.77. The molecule has 0 amide bonds. The standard InChI is InChI=1S/C13H22FN3/c1-10(2)17-8-5-12(16-17)9-13(14)6-3-11(15)4-7-13/h5,8,10-11H,3-4,6-7,9,15H2,1-2H3. The molecule has 0 spiro atoms. The van der Waals surface area contributed by atoms with Crippen molar-refractivity contribution in [1.82, 2.24) is 9.78 Å². The maximum atomic E-state index is 14.5. The van der Waals surface area contributed by atoms with Crippen molar-refractivity contribution in [3.63, 3.8) is 0 Å². The molecule has 0 unspecified atom stereocenters. The molecule has 0 aromatic carbocycles. The fourth-order valence-corrected chi connectivity index (χ4v) is 2.42. The van der Waals surface area contributed by atoms with E-state index < -0.39 is 5.67 Å². The molecule has 0 bridgehead atoms. The molecule has 1 aliphatic carbocycles. The van der Waals surface area contributed by atoms with Crippen LogP contribution in [0.2, 0.25) is 0 Å². The zero-order chi connectivity index (χ0) is 12.5. The summed E-state index contributed by atoms with van der Waals surface area (Å²) >= 11 is 0. The average molecular weight is 239 g/mol. The summed E-state index contributed by atoms with van der Waals surface area (Å²) in [6, 6.07) is 2.45. The lowest BCUT2D eigenvalue weighted by Crippen LogP contribution is -2.37. The molecule has 0 atom stereocenters. The lowest BCUT2D eigenvalue weighted by Gasteiger charge is -2.31. The number of nitrogens with zero attached hydrogens (tertiary/aromatic N) is 2. The SMILES string of the molecule is CC(C)n1ccc(CC2(F)CCC(N)CC2)n1. The van der Waals surface area contributed by atoms with Crippen LogP contribution in [-0.2, 0) is 6.42 Å². The molecular weight excluding hydrogens is 217 g/mol. The minimum atomic E-state index is -1.09. The highest BCUT2D eigenvalue weighted by atomic mass is 19.1. The van der Waals surface area contributed by atoms with Gasteiger partial charge in [-0.25, -0.2) is 4.39 Å². The van der Waals surface area contributed by atoms with E-state index in [0.29, 0.717) is 25.3 Å². The highest BCUT2D eigenvalue weighted by Gasteiger charge is 2.35. The molecule has 96 valence electrons. The molecule has 2 N–H and O–H groups in total. The molecule has 4 heteroatoms. The highest BCUT2D eigenvalue weighted by molar-refractivity contribution is 5.06. The summed E-state index contributed by atoms with van der Waals surface area (Å²) < 4.78 is 16.4. The maximum Gasteiger partial charge on any atom is 0.116 e. The average Bonchev–Trinajstić information content (AvgIpc) is 2.71. The van der Waals surface area contributed by atoms with E-state index in [4.69, 9.17) is 5.73 Å². The topological polar surface area (TPSA) is 43.8 Å². The molecule has 17 heavy (non-hydrogen) atoms. The van der Waals surface area contributed by atoms with Crippen LogP contribution in [0.4, 0.5) is 4.39 Å². The van der Waals surface area contributed by atoms with Crippen LogP contribution < -0.4 is 5.73 Å². The Balaban J connectivity index is 1.99. The molecule has 0 aliphatic heterocycles. The van der Waals surface area contributed by atoms with Gasteiger partial charge in [0.2, 0.25) is 0 Å². The van der Waals surface area contributed by atoms with Crippen molar-refractivity contribution in [3.05, 3.63) is 18.0 Å². The minimum absolute atomic E-state index is 0.187. The van der Waals surface area contributed by atoms with E-state index in [0.717, 1.165) is 18.5 Å². The fraction of sp³-hybridized carbons (Fsp3) is 0.769. The summed E-state index contributed by atoms with van der Waals surface area (Å²) in [6.45, 7) is 4.14. The third kappa shape index (κ3) is 3.06. The van der Waals surface area contributed by atoms with E-state index in [1.54, 1.807) is 0 Å². The summed E-state index contributed by atoms with van der Waals surface area (Å²) in [5.41, 5.74) is 5.57. The molecule has 3 nitrogen and oxygen atoms in total. The third-order valence-electron chi connectivity index (χ3n) is 3.62. The van der Waals surface area contributed by atoms with Crippen molar-refractivity contribution in [2.24, 2.45) is 5.73 Å². The first kappa shape index (κ1) is 12.6. The van der Waals surface area contributed by atoms with Gasteiger partial charge in [0.05, 0.1) is 5.69 Å². The Bertz CT molecular complexity index is 364. The minimum Gasteiger partial charge on any atom is -0.328 e. The smallest absolute Gasteiger partial charge is 0.116 e. The zero-order valence-corrected chi connectivity index (χ0v) is 10.7. The molecule has 1 fully saturated rings. The van der Waals surface area contributed by atoms with Crippen molar-refractivity contribution >= 4 is 0 Å². The van der Waals surface area contributed by atoms with Crippen LogP contribution in [0.25, 0.3) is 0 Å². The van der Waals surface area contributed by atoms with Crippen molar-refractivity contribution in [3.8, 4) is 0 Å². The van der Waals surface area contributed by atoms with Gasteiger partial charge in [0.25, 0.3) is 0 Å². The van der Waals surface area contributed by atoms with Crippen molar-refractivity contribution < 1.29 is 4.39 Å².